The summed E-state index contributed by atoms with van der Waals surface area (Å²) in [5.41, 5.74) is 1.10. The molecule has 0 fully saturated rings. The number of aryl methyl sites for hydroxylation is 1. The molecule has 0 atom stereocenters. The van der Waals surface area contributed by atoms with Gasteiger partial charge < -0.3 is 5.11 Å². The first kappa shape index (κ1) is 9.46. The molecule has 0 saturated heterocycles. The van der Waals surface area contributed by atoms with E-state index >= 15 is 0 Å². The van der Waals surface area contributed by atoms with Gasteiger partial charge in [0.25, 0.3) is 0 Å². The zero-order valence-corrected chi connectivity index (χ0v) is 8.32. The Labute approximate surface area is 77.8 Å². The van der Waals surface area contributed by atoms with Crippen molar-refractivity contribution in [2.24, 2.45) is 0 Å². The second-order valence-electron chi connectivity index (χ2n) is 2.82. The van der Waals surface area contributed by atoms with Crippen LogP contribution in [0.25, 0.3) is 0 Å². The second-order valence-corrected chi connectivity index (χ2v) is 3.96. The topological polar surface area (TPSA) is 20.2 Å². The highest BCUT2D eigenvalue weighted by molar-refractivity contribution is 7.99. The predicted molar refractivity (Wildman–Crippen MR) is 53.9 cm³/mol. The largest absolute Gasteiger partial charge is 0.507 e. The molecule has 1 rings (SSSR count). The van der Waals surface area contributed by atoms with Crippen LogP contribution < -0.4 is 0 Å². The Morgan fingerprint density at radius 3 is 2.75 bits per heavy atom. The summed E-state index contributed by atoms with van der Waals surface area (Å²) in [5, 5.41) is 9.50. The van der Waals surface area contributed by atoms with Gasteiger partial charge >= 0.3 is 0 Å². The molecule has 2 heteroatoms. The number of rotatable bonds is 3. The van der Waals surface area contributed by atoms with E-state index in [4.69, 9.17) is 0 Å². The summed E-state index contributed by atoms with van der Waals surface area (Å²) in [7, 11) is 0. The standard InChI is InChI=1S/C10H14OS/c1-3-6-12-10-5-4-8(2)7-9(10)11/h4-5,7,11H,3,6H2,1-2H3. The maximum atomic E-state index is 9.50. The van der Waals surface area contributed by atoms with E-state index in [0.29, 0.717) is 5.75 Å². The minimum Gasteiger partial charge on any atom is -0.507 e. The van der Waals surface area contributed by atoms with E-state index in [1.807, 2.05) is 19.1 Å². The number of hydrogen-bond donors (Lipinski definition) is 1. The van der Waals surface area contributed by atoms with Crippen LogP contribution in [0.3, 0.4) is 0 Å². The average Bonchev–Trinajstić information content (AvgIpc) is 2.03. The molecule has 1 N–H and O–H groups in total. The lowest BCUT2D eigenvalue weighted by atomic mass is 10.2. The first-order valence-corrected chi connectivity index (χ1v) is 5.15. The van der Waals surface area contributed by atoms with Crippen LogP contribution in [0.1, 0.15) is 18.9 Å². The molecule has 0 unspecified atom stereocenters. The molecule has 0 heterocycles. The van der Waals surface area contributed by atoms with E-state index in [0.717, 1.165) is 22.6 Å². The smallest absolute Gasteiger partial charge is 0.129 e. The Hall–Kier alpha value is -0.630. The van der Waals surface area contributed by atoms with Gasteiger partial charge in [0.1, 0.15) is 5.75 Å². The van der Waals surface area contributed by atoms with E-state index < -0.39 is 0 Å². The summed E-state index contributed by atoms with van der Waals surface area (Å²) >= 11 is 1.71. The van der Waals surface area contributed by atoms with Crippen LogP contribution in [0.5, 0.6) is 5.75 Å². The lowest BCUT2D eigenvalue weighted by Gasteiger charge is -2.03. The average molecular weight is 182 g/mol. The van der Waals surface area contributed by atoms with Crippen molar-refractivity contribution >= 4 is 11.8 Å². The molecule has 0 saturated carbocycles. The zero-order chi connectivity index (χ0) is 8.97. The van der Waals surface area contributed by atoms with Gasteiger partial charge in [0.15, 0.2) is 0 Å². The molecule has 1 aromatic rings. The van der Waals surface area contributed by atoms with E-state index in [1.165, 1.54) is 0 Å². The van der Waals surface area contributed by atoms with Gasteiger partial charge in [-0.25, -0.2) is 0 Å². The van der Waals surface area contributed by atoms with Crippen molar-refractivity contribution < 1.29 is 5.11 Å². The number of benzene rings is 1. The van der Waals surface area contributed by atoms with Gasteiger partial charge in [0.2, 0.25) is 0 Å². The highest BCUT2D eigenvalue weighted by atomic mass is 32.2. The first-order valence-electron chi connectivity index (χ1n) is 4.16. The third-order valence-electron chi connectivity index (χ3n) is 1.58. The molecule has 0 aliphatic carbocycles. The first-order chi connectivity index (χ1) is 5.74. The van der Waals surface area contributed by atoms with E-state index in [2.05, 4.69) is 6.92 Å². The summed E-state index contributed by atoms with van der Waals surface area (Å²) in [6.45, 7) is 4.12. The van der Waals surface area contributed by atoms with Gasteiger partial charge in [0.05, 0.1) is 0 Å². The fraction of sp³-hybridized carbons (Fsp3) is 0.400. The van der Waals surface area contributed by atoms with Crippen molar-refractivity contribution in [2.75, 3.05) is 5.75 Å². The number of thioether (sulfide) groups is 1. The lowest BCUT2D eigenvalue weighted by Crippen LogP contribution is -1.78. The quantitative estimate of drug-likeness (QED) is 0.724. The second kappa shape index (κ2) is 4.41. The number of hydrogen-bond acceptors (Lipinski definition) is 2. The Morgan fingerprint density at radius 1 is 1.42 bits per heavy atom. The molecule has 1 nitrogen and oxygen atoms in total. The number of phenolic OH excluding ortho intramolecular Hbond substituents is 1. The van der Waals surface area contributed by atoms with Gasteiger partial charge in [-0.3, -0.25) is 0 Å². The third-order valence-corrected chi connectivity index (χ3v) is 2.84. The molecule has 1 aromatic carbocycles. The van der Waals surface area contributed by atoms with Crippen molar-refractivity contribution in [2.45, 2.75) is 25.2 Å². The van der Waals surface area contributed by atoms with Crippen molar-refractivity contribution in [1.29, 1.82) is 0 Å². The molecular weight excluding hydrogens is 168 g/mol. The molecule has 0 bridgehead atoms. The fourth-order valence-corrected chi connectivity index (χ4v) is 1.76. The molecule has 0 radical (unpaired) electrons. The minimum absolute atomic E-state index is 0.411. The van der Waals surface area contributed by atoms with Crippen LogP contribution in [-0.2, 0) is 0 Å². The predicted octanol–water partition coefficient (Wildman–Crippen LogP) is 3.20. The van der Waals surface area contributed by atoms with Crippen LogP contribution in [0, 0.1) is 6.92 Å². The zero-order valence-electron chi connectivity index (χ0n) is 7.50. The van der Waals surface area contributed by atoms with Crippen LogP contribution >= 0.6 is 11.8 Å². The molecule has 0 spiro atoms. The van der Waals surface area contributed by atoms with Crippen molar-refractivity contribution in [3.8, 4) is 5.75 Å². The van der Waals surface area contributed by atoms with Crippen molar-refractivity contribution in [3.05, 3.63) is 23.8 Å². The Kier molecular flexibility index (Phi) is 3.48. The number of aromatic hydroxyl groups is 1. The molecule has 0 aromatic heterocycles. The van der Waals surface area contributed by atoms with Gasteiger partial charge in [-0.15, -0.1) is 11.8 Å². The van der Waals surface area contributed by atoms with E-state index in [-0.39, 0.29) is 0 Å². The highest BCUT2D eigenvalue weighted by Crippen LogP contribution is 2.29. The third kappa shape index (κ3) is 2.45. The Morgan fingerprint density at radius 2 is 2.17 bits per heavy atom. The Bertz CT molecular complexity index is 258. The van der Waals surface area contributed by atoms with Crippen LogP contribution in [0.2, 0.25) is 0 Å². The summed E-state index contributed by atoms with van der Waals surface area (Å²) in [6, 6.07) is 5.81. The van der Waals surface area contributed by atoms with Gasteiger partial charge in [-0.2, -0.15) is 0 Å². The van der Waals surface area contributed by atoms with Gasteiger partial charge in [-0.1, -0.05) is 13.0 Å². The maximum absolute atomic E-state index is 9.50. The molecule has 0 aliphatic rings. The number of phenols is 1. The normalized spacial score (nSPS) is 10.2. The monoisotopic (exact) mass is 182 g/mol. The maximum Gasteiger partial charge on any atom is 0.129 e. The minimum atomic E-state index is 0.411. The van der Waals surface area contributed by atoms with Crippen LogP contribution in [-0.4, -0.2) is 10.9 Å². The summed E-state index contributed by atoms with van der Waals surface area (Å²) in [6.07, 6.45) is 1.14. The van der Waals surface area contributed by atoms with Gasteiger partial charge in [-0.05, 0) is 36.8 Å². The summed E-state index contributed by atoms with van der Waals surface area (Å²) < 4.78 is 0. The molecule has 0 aliphatic heterocycles. The summed E-state index contributed by atoms with van der Waals surface area (Å²) in [4.78, 5) is 0.988. The molecular formula is C10H14OS. The van der Waals surface area contributed by atoms with Crippen LogP contribution in [0.4, 0.5) is 0 Å². The van der Waals surface area contributed by atoms with Crippen LogP contribution in [0.15, 0.2) is 23.1 Å². The molecule has 0 amide bonds. The summed E-state index contributed by atoms with van der Waals surface area (Å²) in [5.74, 6) is 1.48. The lowest BCUT2D eigenvalue weighted by molar-refractivity contribution is 0.462. The molecule has 66 valence electrons. The fourth-order valence-electron chi connectivity index (χ4n) is 0.961. The molecule has 12 heavy (non-hydrogen) atoms. The van der Waals surface area contributed by atoms with Crippen molar-refractivity contribution in [1.82, 2.24) is 0 Å². The SMILES string of the molecule is CCCSc1ccc(C)cc1O. The van der Waals surface area contributed by atoms with Gasteiger partial charge in [0, 0.05) is 4.90 Å². The van der Waals surface area contributed by atoms with Crippen molar-refractivity contribution in [3.63, 3.8) is 0 Å². The van der Waals surface area contributed by atoms with E-state index in [9.17, 15) is 5.11 Å². The Balaban J connectivity index is 2.72. The highest BCUT2D eigenvalue weighted by Gasteiger charge is 1.99. The van der Waals surface area contributed by atoms with E-state index in [1.54, 1.807) is 17.8 Å².